The van der Waals surface area contributed by atoms with Crippen LogP contribution >= 0.6 is 34.7 Å². The number of esters is 1. The summed E-state index contributed by atoms with van der Waals surface area (Å²) in [6, 6.07) is 7.22. The molecule has 1 aromatic carbocycles. The number of primary amides is 1. The van der Waals surface area contributed by atoms with Crippen molar-refractivity contribution in [2.45, 2.75) is 19.0 Å². The summed E-state index contributed by atoms with van der Waals surface area (Å²) >= 11 is 8.16. The van der Waals surface area contributed by atoms with Gasteiger partial charge in [-0.1, -0.05) is 35.5 Å². The number of anilines is 1. The maximum Gasteiger partial charge on any atom is 0.341 e. The summed E-state index contributed by atoms with van der Waals surface area (Å²) in [5.74, 6) is -1.08. The molecule has 2 heterocycles. The fourth-order valence-corrected chi connectivity index (χ4v) is 4.86. The number of ether oxygens (including phenoxy) is 1. The number of thioether (sulfide) groups is 1. The zero-order valence-corrected chi connectivity index (χ0v) is 19.9. The molecule has 9 nitrogen and oxygen atoms in total. The van der Waals surface area contributed by atoms with Crippen molar-refractivity contribution in [2.24, 2.45) is 12.8 Å². The number of nitrogens with zero attached hydrogens (tertiary/aromatic N) is 3. The Balaban J connectivity index is 1.74. The van der Waals surface area contributed by atoms with Gasteiger partial charge in [0.15, 0.2) is 11.0 Å². The number of hydrogen-bond donors (Lipinski definition) is 2. The summed E-state index contributed by atoms with van der Waals surface area (Å²) in [5, 5.41) is 12.3. The van der Waals surface area contributed by atoms with Gasteiger partial charge in [-0.25, -0.2) is 4.79 Å². The third kappa shape index (κ3) is 5.12. The molecule has 0 aliphatic rings. The Bertz CT molecular complexity index is 1190. The van der Waals surface area contributed by atoms with E-state index in [0.717, 1.165) is 16.9 Å². The Morgan fingerprint density at radius 3 is 2.72 bits per heavy atom. The minimum absolute atomic E-state index is 0.00658. The first kappa shape index (κ1) is 23.8. The molecule has 168 valence electrons. The summed E-state index contributed by atoms with van der Waals surface area (Å²) in [6.45, 7) is 3.41. The second kappa shape index (κ2) is 10.2. The van der Waals surface area contributed by atoms with Crippen molar-refractivity contribution in [1.29, 1.82) is 0 Å². The van der Waals surface area contributed by atoms with Crippen LogP contribution in [-0.2, 0) is 16.6 Å². The third-order valence-electron chi connectivity index (χ3n) is 4.35. The topological polar surface area (TPSA) is 129 Å². The molecule has 3 rings (SSSR count). The van der Waals surface area contributed by atoms with Crippen molar-refractivity contribution < 1.29 is 19.1 Å². The molecule has 0 radical (unpaired) electrons. The molecular formula is C20H20ClN5O4S2. The predicted molar refractivity (Wildman–Crippen MR) is 124 cm³/mol. The molecule has 3 N–H and O–H groups in total. The van der Waals surface area contributed by atoms with E-state index in [0.29, 0.717) is 21.6 Å². The number of thiophene rings is 1. The van der Waals surface area contributed by atoms with Gasteiger partial charge >= 0.3 is 5.97 Å². The van der Waals surface area contributed by atoms with Gasteiger partial charge in [-0.05, 0) is 31.5 Å². The number of nitrogens with one attached hydrogen (secondary N) is 1. The number of amides is 2. The number of benzene rings is 1. The smallest absolute Gasteiger partial charge is 0.341 e. The van der Waals surface area contributed by atoms with Crippen LogP contribution in [-0.4, -0.2) is 44.9 Å². The van der Waals surface area contributed by atoms with Crippen molar-refractivity contribution in [3.05, 3.63) is 45.3 Å². The predicted octanol–water partition coefficient (Wildman–Crippen LogP) is 3.51. The van der Waals surface area contributed by atoms with E-state index in [9.17, 15) is 14.4 Å². The van der Waals surface area contributed by atoms with E-state index in [-0.39, 0.29) is 33.7 Å². The lowest BCUT2D eigenvalue weighted by Gasteiger charge is -2.07. The van der Waals surface area contributed by atoms with Gasteiger partial charge < -0.3 is 20.4 Å². The van der Waals surface area contributed by atoms with E-state index in [4.69, 9.17) is 22.1 Å². The Kier molecular flexibility index (Phi) is 7.54. The van der Waals surface area contributed by atoms with E-state index in [1.807, 2.05) is 12.1 Å². The molecule has 2 amide bonds. The highest BCUT2D eigenvalue weighted by atomic mass is 35.5. The normalized spacial score (nSPS) is 10.8. The van der Waals surface area contributed by atoms with Gasteiger partial charge in [-0.15, -0.1) is 21.5 Å². The molecule has 0 fully saturated rings. The quantitative estimate of drug-likeness (QED) is 0.362. The van der Waals surface area contributed by atoms with E-state index in [1.165, 1.54) is 11.8 Å². The van der Waals surface area contributed by atoms with Crippen molar-refractivity contribution in [1.82, 2.24) is 14.8 Å². The molecule has 0 saturated heterocycles. The second-order valence-electron chi connectivity index (χ2n) is 6.56. The van der Waals surface area contributed by atoms with Crippen molar-refractivity contribution in [3.8, 4) is 11.4 Å². The monoisotopic (exact) mass is 493 g/mol. The maximum atomic E-state index is 12.6. The number of carbonyl (C=O) groups is 3. The minimum atomic E-state index is -0.680. The van der Waals surface area contributed by atoms with Crippen molar-refractivity contribution >= 4 is 57.5 Å². The lowest BCUT2D eigenvalue weighted by Crippen LogP contribution is -2.17. The third-order valence-corrected chi connectivity index (χ3v) is 6.83. The zero-order valence-electron chi connectivity index (χ0n) is 17.5. The molecule has 0 aliphatic heterocycles. The highest BCUT2D eigenvalue weighted by molar-refractivity contribution is 7.99. The molecule has 0 aliphatic carbocycles. The first-order valence-electron chi connectivity index (χ1n) is 9.41. The average molecular weight is 494 g/mol. The molecule has 0 spiro atoms. The van der Waals surface area contributed by atoms with Crippen LogP contribution in [0.2, 0.25) is 5.02 Å². The number of aromatic nitrogens is 3. The van der Waals surface area contributed by atoms with Crippen LogP contribution in [0, 0.1) is 6.92 Å². The van der Waals surface area contributed by atoms with Gasteiger partial charge in [-0.3, -0.25) is 9.59 Å². The van der Waals surface area contributed by atoms with Gasteiger partial charge in [0, 0.05) is 17.6 Å². The molecular weight excluding hydrogens is 474 g/mol. The summed E-state index contributed by atoms with van der Waals surface area (Å²) in [6.07, 6.45) is 0. The molecule has 0 unspecified atom stereocenters. The van der Waals surface area contributed by atoms with Crippen LogP contribution in [0.15, 0.2) is 29.4 Å². The van der Waals surface area contributed by atoms with E-state index in [2.05, 4.69) is 15.5 Å². The van der Waals surface area contributed by atoms with Crippen molar-refractivity contribution in [3.63, 3.8) is 0 Å². The van der Waals surface area contributed by atoms with E-state index < -0.39 is 11.9 Å². The highest BCUT2D eigenvalue weighted by Gasteiger charge is 2.26. The number of nitrogens with two attached hydrogens (primary N) is 1. The average Bonchev–Trinajstić information content (AvgIpc) is 3.26. The van der Waals surface area contributed by atoms with Gasteiger partial charge in [0.05, 0.1) is 22.8 Å². The molecule has 0 bridgehead atoms. The summed E-state index contributed by atoms with van der Waals surface area (Å²) in [7, 11) is 1.79. The van der Waals surface area contributed by atoms with E-state index in [1.54, 1.807) is 37.6 Å². The maximum absolute atomic E-state index is 12.6. The van der Waals surface area contributed by atoms with Crippen LogP contribution in [0.5, 0.6) is 0 Å². The fraction of sp³-hybridized carbons (Fsp3) is 0.250. The highest BCUT2D eigenvalue weighted by Crippen LogP contribution is 2.34. The minimum Gasteiger partial charge on any atom is -0.462 e. The second-order valence-corrected chi connectivity index (χ2v) is 8.96. The Labute approximate surface area is 197 Å². The number of halogens is 1. The summed E-state index contributed by atoms with van der Waals surface area (Å²) < 4.78 is 6.81. The molecule has 12 heteroatoms. The SMILES string of the molecule is CCOC(=O)c1c(NC(=O)CSc2nnc(-c3cccc(Cl)c3)n2C)sc(C(N)=O)c1C. The summed E-state index contributed by atoms with van der Waals surface area (Å²) in [4.78, 5) is 36.8. The van der Waals surface area contributed by atoms with Crippen LogP contribution in [0.4, 0.5) is 5.00 Å². The van der Waals surface area contributed by atoms with Crippen LogP contribution in [0.25, 0.3) is 11.4 Å². The van der Waals surface area contributed by atoms with E-state index >= 15 is 0 Å². The van der Waals surface area contributed by atoms with Gasteiger partial charge in [-0.2, -0.15) is 0 Å². The van der Waals surface area contributed by atoms with Crippen LogP contribution < -0.4 is 11.1 Å². The number of carbonyl (C=O) groups excluding carboxylic acids is 3. The molecule has 0 atom stereocenters. The Hall–Kier alpha value is -2.89. The Morgan fingerprint density at radius 1 is 1.31 bits per heavy atom. The lowest BCUT2D eigenvalue weighted by molar-refractivity contribution is -0.113. The van der Waals surface area contributed by atoms with Crippen LogP contribution in [0.3, 0.4) is 0 Å². The summed E-state index contributed by atoms with van der Waals surface area (Å²) in [5.41, 5.74) is 6.70. The molecule has 3 aromatic rings. The molecule has 2 aromatic heterocycles. The Morgan fingerprint density at radius 2 is 2.06 bits per heavy atom. The molecule has 32 heavy (non-hydrogen) atoms. The molecule has 0 saturated carbocycles. The zero-order chi connectivity index (χ0) is 23.4. The first-order chi connectivity index (χ1) is 15.2. The van der Waals surface area contributed by atoms with Gasteiger partial charge in [0.2, 0.25) is 5.91 Å². The fourth-order valence-electron chi connectivity index (χ4n) is 2.90. The number of rotatable bonds is 8. The lowest BCUT2D eigenvalue weighted by atomic mass is 10.1. The van der Waals surface area contributed by atoms with Gasteiger partial charge in [0.1, 0.15) is 5.00 Å². The number of hydrogen-bond acceptors (Lipinski definition) is 8. The van der Waals surface area contributed by atoms with Crippen molar-refractivity contribution in [2.75, 3.05) is 17.7 Å². The van der Waals surface area contributed by atoms with Crippen LogP contribution in [0.1, 0.15) is 32.5 Å². The van der Waals surface area contributed by atoms with Gasteiger partial charge in [0.25, 0.3) is 5.91 Å². The largest absolute Gasteiger partial charge is 0.462 e. The standard InChI is InChI=1S/C20H20ClN5O4S2/c1-4-30-19(29)14-10(2)15(16(22)28)32-18(14)23-13(27)9-31-20-25-24-17(26(20)3)11-6-5-7-12(21)8-11/h5-8H,4,9H2,1-3H3,(H2,22,28)(H,23,27). The first-order valence-corrected chi connectivity index (χ1v) is 11.6.